The quantitative estimate of drug-likeness (QED) is 0.0912. The van der Waals surface area contributed by atoms with Crippen LogP contribution in [0.25, 0.3) is 0 Å². The van der Waals surface area contributed by atoms with Crippen molar-refractivity contribution >= 4 is 6.21 Å². The summed E-state index contributed by atoms with van der Waals surface area (Å²) in [6, 6.07) is 0. The molecule has 212 valence electrons. The Hall–Kier alpha value is 0.0700. The molecule has 35 heavy (non-hydrogen) atoms. The van der Waals surface area contributed by atoms with Crippen LogP contribution in [0.1, 0.15) is 168 Å². The van der Waals surface area contributed by atoms with E-state index in [0.717, 1.165) is 26.1 Å². The highest BCUT2D eigenvalue weighted by Crippen LogP contribution is 2.13. The van der Waals surface area contributed by atoms with E-state index in [4.69, 9.17) is 14.9 Å². The Labute approximate surface area is 231 Å². The molecule has 4 heteroatoms. The van der Waals surface area contributed by atoms with Crippen LogP contribution in [0.3, 0.4) is 0 Å². The molecule has 0 spiro atoms. The van der Waals surface area contributed by atoms with Gasteiger partial charge in [0.1, 0.15) is 0 Å². The second kappa shape index (κ2) is 34.1. The van der Waals surface area contributed by atoms with Gasteiger partial charge < -0.3 is 26.5 Å². The lowest BCUT2D eigenvalue weighted by Gasteiger charge is -2.12. The van der Waals surface area contributed by atoms with E-state index in [9.17, 15) is 0 Å². The molecule has 0 saturated heterocycles. The average Bonchev–Trinajstić information content (AvgIpc) is 2.85. The first kappa shape index (κ1) is 37.2. The maximum atomic E-state index is 5.89. The Balaban J connectivity index is 0. The first-order valence-electron chi connectivity index (χ1n) is 15.6. The van der Waals surface area contributed by atoms with E-state index in [-0.39, 0.29) is 23.1 Å². The molecule has 0 saturated carbocycles. The summed E-state index contributed by atoms with van der Waals surface area (Å²) < 4.78 is 11.7. The summed E-state index contributed by atoms with van der Waals surface area (Å²) in [5.41, 5.74) is 0. The monoisotopic (exact) mass is 561 g/mol. The van der Waals surface area contributed by atoms with Crippen molar-refractivity contribution in [1.29, 1.82) is 0 Å². The van der Waals surface area contributed by atoms with Gasteiger partial charge in [-0.15, -0.1) is 0 Å². The van der Waals surface area contributed by atoms with Crippen molar-refractivity contribution in [2.24, 2.45) is 0 Å². The predicted octanol–water partition coefficient (Wildman–Crippen LogP) is 5.62. The molecule has 0 aliphatic carbocycles. The van der Waals surface area contributed by atoms with Crippen LogP contribution in [0.4, 0.5) is 0 Å². The molecule has 2 N–H and O–H groups in total. The Morgan fingerprint density at radius 1 is 0.486 bits per heavy atom. The highest BCUT2D eigenvalue weighted by Gasteiger charge is 2.08. The van der Waals surface area contributed by atoms with Crippen molar-refractivity contribution in [3.05, 3.63) is 0 Å². The molecule has 0 aromatic heterocycles. The minimum absolute atomic E-state index is 0. The fourth-order valence-corrected chi connectivity index (χ4v) is 4.58. The van der Waals surface area contributed by atoms with Crippen molar-refractivity contribution < 1.29 is 31.9 Å². The van der Waals surface area contributed by atoms with Gasteiger partial charge in [0.05, 0.1) is 6.61 Å². The topological polar surface area (TPSA) is 44.0 Å². The van der Waals surface area contributed by atoms with E-state index < -0.39 is 0 Å². The van der Waals surface area contributed by atoms with Gasteiger partial charge in [0.25, 0.3) is 0 Å². The summed E-state index contributed by atoms with van der Waals surface area (Å²) in [7, 11) is 0. The third kappa shape index (κ3) is 32.0. The van der Waals surface area contributed by atoms with Gasteiger partial charge in [-0.3, -0.25) is 5.41 Å². The van der Waals surface area contributed by atoms with Crippen LogP contribution in [0.5, 0.6) is 0 Å². The smallest absolute Gasteiger partial charge is 0.167 e. The second-order valence-electron chi connectivity index (χ2n) is 10.5. The van der Waals surface area contributed by atoms with Crippen molar-refractivity contribution in [2.75, 3.05) is 19.8 Å². The molecular formula is C31H64BrNO2. The number of hydrogen-bond acceptors (Lipinski definition) is 2. The highest BCUT2D eigenvalue weighted by molar-refractivity contribution is 5.56. The van der Waals surface area contributed by atoms with E-state index in [0.29, 0.717) is 6.61 Å². The molecule has 1 atom stereocenters. The van der Waals surface area contributed by atoms with Crippen LogP contribution in [0, 0.1) is 0 Å². The molecule has 0 aromatic rings. The lowest BCUT2D eigenvalue weighted by Crippen LogP contribution is -3.00. The SMILES string of the molecule is CCCCCCCCCCCCCCOCC(C=[NH2+])OCCCCCCCCCCCCCC.[Br-]. The number of rotatable bonds is 30. The van der Waals surface area contributed by atoms with Gasteiger partial charge in [0.2, 0.25) is 0 Å². The Kier molecular flexibility index (Phi) is 36.2. The van der Waals surface area contributed by atoms with E-state index in [2.05, 4.69) is 13.8 Å². The summed E-state index contributed by atoms with van der Waals surface area (Å²) in [4.78, 5) is 0. The fraction of sp³-hybridized carbons (Fsp3) is 0.968. The number of halogens is 1. The van der Waals surface area contributed by atoms with Crippen LogP contribution in [-0.2, 0) is 9.47 Å². The molecule has 0 bridgehead atoms. The van der Waals surface area contributed by atoms with Crippen LogP contribution < -0.4 is 22.4 Å². The molecule has 0 heterocycles. The Morgan fingerprint density at radius 3 is 1.14 bits per heavy atom. The molecule has 0 amide bonds. The van der Waals surface area contributed by atoms with Gasteiger partial charge in [-0.05, 0) is 12.8 Å². The number of ether oxygens (including phenoxy) is 2. The number of nitrogens with two attached hydrogens (primary N) is 1. The standard InChI is InChI=1S/C31H63NO2.BrH/c1-3-5-7-9-11-13-15-17-19-21-23-25-27-33-30-31(29-32)34-28-26-24-22-20-18-16-14-12-10-8-6-4-2;/h29,31-32H,3-28,30H2,1-2H3;1H. The number of unbranched alkanes of at least 4 members (excludes halogenated alkanes) is 22. The van der Waals surface area contributed by atoms with Crippen LogP contribution in [0.15, 0.2) is 0 Å². The summed E-state index contributed by atoms with van der Waals surface area (Å²) in [6.07, 6.45) is 34.6. The maximum Gasteiger partial charge on any atom is 0.167 e. The van der Waals surface area contributed by atoms with Gasteiger partial charge in [-0.25, -0.2) is 0 Å². The van der Waals surface area contributed by atoms with Crippen molar-refractivity contribution in [3.63, 3.8) is 0 Å². The van der Waals surface area contributed by atoms with Gasteiger partial charge in [0.15, 0.2) is 12.3 Å². The lowest BCUT2D eigenvalue weighted by molar-refractivity contribution is -0.122. The Bertz CT molecular complexity index is 381. The van der Waals surface area contributed by atoms with Crippen LogP contribution in [-0.4, -0.2) is 32.1 Å². The summed E-state index contributed by atoms with van der Waals surface area (Å²) >= 11 is 0. The van der Waals surface area contributed by atoms with Gasteiger partial charge in [-0.2, -0.15) is 0 Å². The zero-order valence-electron chi connectivity index (χ0n) is 24.0. The van der Waals surface area contributed by atoms with Crippen LogP contribution in [0.2, 0.25) is 0 Å². The molecular weight excluding hydrogens is 498 g/mol. The molecule has 1 unspecified atom stereocenters. The molecule has 0 aromatic carbocycles. The average molecular weight is 563 g/mol. The summed E-state index contributed by atoms with van der Waals surface area (Å²) in [6.45, 7) is 6.82. The second-order valence-corrected chi connectivity index (χ2v) is 10.5. The molecule has 0 rings (SSSR count). The first-order chi connectivity index (χ1) is 16.8. The maximum absolute atomic E-state index is 5.89. The minimum Gasteiger partial charge on any atom is -1.00 e. The molecule has 0 aliphatic heterocycles. The molecule has 0 fully saturated rings. The summed E-state index contributed by atoms with van der Waals surface area (Å²) in [5, 5.41) is 5.74. The highest BCUT2D eigenvalue weighted by atomic mass is 79.9. The van der Waals surface area contributed by atoms with Gasteiger partial charge >= 0.3 is 0 Å². The fourth-order valence-electron chi connectivity index (χ4n) is 4.58. The van der Waals surface area contributed by atoms with E-state index in [1.54, 1.807) is 6.21 Å². The van der Waals surface area contributed by atoms with Gasteiger partial charge in [-0.1, -0.05) is 155 Å². The zero-order chi connectivity index (χ0) is 24.8. The van der Waals surface area contributed by atoms with E-state index in [1.807, 2.05) is 0 Å². The first-order valence-corrected chi connectivity index (χ1v) is 15.6. The van der Waals surface area contributed by atoms with E-state index in [1.165, 1.54) is 141 Å². The van der Waals surface area contributed by atoms with Crippen molar-refractivity contribution in [3.8, 4) is 0 Å². The van der Waals surface area contributed by atoms with E-state index >= 15 is 0 Å². The largest absolute Gasteiger partial charge is 1.00 e. The van der Waals surface area contributed by atoms with Crippen LogP contribution >= 0.6 is 0 Å². The molecule has 0 radical (unpaired) electrons. The minimum atomic E-state index is -0.0509. The molecule has 3 nitrogen and oxygen atoms in total. The van der Waals surface area contributed by atoms with Crippen molar-refractivity contribution in [1.82, 2.24) is 0 Å². The van der Waals surface area contributed by atoms with Crippen molar-refractivity contribution in [2.45, 2.75) is 174 Å². The summed E-state index contributed by atoms with van der Waals surface area (Å²) in [5.74, 6) is 0. The third-order valence-corrected chi connectivity index (χ3v) is 6.97. The normalized spacial score (nSPS) is 11.9. The third-order valence-electron chi connectivity index (χ3n) is 6.97. The lowest BCUT2D eigenvalue weighted by atomic mass is 10.1. The van der Waals surface area contributed by atoms with Gasteiger partial charge in [0, 0.05) is 13.2 Å². The number of hydrogen-bond donors (Lipinski definition) is 1. The predicted molar refractivity (Wildman–Crippen MR) is 151 cm³/mol. The molecule has 0 aliphatic rings. The Morgan fingerprint density at radius 2 is 0.800 bits per heavy atom. The zero-order valence-corrected chi connectivity index (χ0v) is 25.6.